The van der Waals surface area contributed by atoms with Crippen molar-refractivity contribution in [2.75, 3.05) is 0 Å². The van der Waals surface area contributed by atoms with Crippen molar-refractivity contribution in [3.63, 3.8) is 0 Å². The molecule has 3 rings (SSSR count). The van der Waals surface area contributed by atoms with Gasteiger partial charge in [0.25, 0.3) is 0 Å². The molecule has 6 heteroatoms. The molecule has 5 nitrogen and oxygen atoms in total. The molecule has 1 aromatic heterocycles. The van der Waals surface area contributed by atoms with Gasteiger partial charge in [0.15, 0.2) is 0 Å². The van der Waals surface area contributed by atoms with Crippen molar-refractivity contribution in [3.8, 4) is 29.0 Å². The maximum absolute atomic E-state index is 13.5. The van der Waals surface area contributed by atoms with Gasteiger partial charge in [0, 0.05) is 11.6 Å². The van der Waals surface area contributed by atoms with Crippen LogP contribution in [0.25, 0.3) is 11.3 Å². The van der Waals surface area contributed by atoms with Crippen molar-refractivity contribution in [1.29, 1.82) is 5.26 Å². The van der Waals surface area contributed by atoms with Crippen LogP contribution in [0, 0.1) is 11.3 Å². The molecule has 22 heavy (non-hydrogen) atoms. The summed E-state index contributed by atoms with van der Waals surface area (Å²) in [6.07, 6.45) is 0.611. The Hall–Kier alpha value is -2.68. The normalized spacial score (nSPS) is 20.5. The highest BCUT2D eigenvalue weighted by molar-refractivity contribution is 5.67. The largest absolute Gasteiger partial charge is 0.507 e. The third-order valence-corrected chi connectivity index (χ3v) is 3.69. The van der Waals surface area contributed by atoms with Gasteiger partial charge in [-0.15, -0.1) is 10.2 Å². The molecular formula is C16H14FN3O2. The molecular weight excluding hydrogens is 285 g/mol. The van der Waals surface area contributed by atoms with Crippen molar-refractivity contribution in [2.45, 2.75) is 31.5 Å². The van der Waals surface area contributed by atoms with E-state index in [-0.39, 0.29) is 11.6 Å². The van der Waals surface area contributed by atoms with Gasteiger partial charge in [-0.25, -0.2) is 4.39 Å². The van der Waals surface area contributed by atoms with Crippen molar-refractivity contribution in [2.24, 2.45) is 0 Å². The molecule has 2 atom stereocenters. The minimum absolute atomic E-state index is 0.0402. The first kappa shape index (κ1) is 14.3. The second kappa shape index (κ2) is 5.98. The molecule has 1 heterocycles. The zero-order valence-corrected chi connectivity index (χ0v) is 11.7. The third kappa shape index (κ3) is 2.84. The monoisotopic (exact) mass is 299 g/mol. The lowest BCUT2D eigenvalue weighted by atomic mass is 10.1. The number of nitrogens with zero attached hydrogens (tertiary/aromatic N) is 3. The smallest absolute Gasteiger partial charge is 0.233 e. The number of aromatic hydroxyl groups is 1. The van der Waals surface area contributed by atoms with E-state index in [9.17, 15) is 9.50 Å². The number of ether oxygens (including phenoxy) is 1. The zero-order chi connectivity index (χ0) is 15.5. The summed E-state index contributed by atoms with van der Waals surface area (Å²) >= 11 is 0. The van der Waals surface area contributed by atoms with Crippen molar-refractivity contribution >= 4 is 0 Å². The van der Waals surface area contributed by atoms with Crippen LogP contribution in [0.5, 0.6) is 11.6 Å². The van der Waals surface area contributed by atoms with E-state index in [4.69, 9.17) is 10.00 Å². The van der Waals surface area contributed by atoms with Gasteiger partial charge in [0.1, 0.15) is 18.0 Å². The topological polar surface area (TPSA) is 79.0 Å². The highest BCUT2D eigenvalue weighted by Crippen LogP contribution is 2.30. The summed E-state index contributed by atoms with van der Waals surface area (Å²) in [6.45, 7) is 0. The number of halogens is 1. The van der Waals surface area contributed by atoms with Crippen molar-refractivity contribution < 1.29 is 14.2 Å². The summed E-state index contributed by atoms with van der Waals surface area (Å²) in [6, 6.07) is 9.76. The van der Waals surface area contributed by atoms with Gasteiger partial charge in [0.05, 0.1) is 17.3 Å². The first-order valence-electron chi connectivity index (χ1n) is 7.05. The third-order valence-electron chi connectivity index (χ3n) is 3.69. The van der Waals surface area contributed by atoms with E-state index in [1.807, 2.05) is 6.07 Å². The predicted octanol–water partition coefficient (Wildman–Crippen LogP) is 2.99. The summed E-state index contributed by atoms with van der Waals surface area (Å²) in [5, 5.41) is 26.6. The van der Waals surface area contributed by atoms with Gasteiger partial charge in [-0.3, -0.25) is 0 Å². The Morgan fingerprint density at radius 2 is 2.09 bits per heavy atom. The number of phenolic OH excluding ortho intramolecular Hbond substituents is 1. The molecule has 1 N–H and O–H groups in total. The highest BCUT2D eigenvalue weighted by atomic mass is 19.1. The Balaban J connectivity index is 1.78. The number of nitriles is 1. The van der Waals surface area contributed by atoms with Crippen molar-refractivity contribution in [1.82, 2.24) is 10.2 Å². The average molecular weight is 299 g/mol. The van der Waals surface area contributed by atoms with Crippen molar-refractivity contribution in [3.05, 3.63) is 35.9 Å². The Bertz CT molecular complexity index is 712. The molecule has 0 amide bonds. The number of alkyl halides is 1. The van der Waals surface area contributed by atoms with Crippen LogP contribution < -0.4 is 4.74 Å². The fourth-order valence-corrected chi connectivity index (χ4v) is 2.51. The van der Waals surface area contributed by atoms with Crippen LogP contribution >= 0.6 is 0 Å². The molecule has 1 aromatic carbocycles. The SMILES string of the molecule is N#Cc1ccc(-c2ccc(O[C@@H]3CCC[C@@H]3F)nn2)c(O)c1. The maximum atomic E-state index is 13.5. The molecule has 0 unspecified atom stereocenters. The van der Waals surface area contributed by atoms with Gasteiger partial charge in [0.2, 0.25) is 5.88 Å². The lowest BCUT2D eigenvalue weighted by molar-refractivity contribution is 0.119. The summed E-state index contributed by atoms with van der Waals surface area (Å²) in [4.78, 5) is 0. The Morgan fingerprint density at radius 3 is 2.68 bits per heavy atom. The Labute approximate surface area is 127 Å². The van der Waals surface area contributed by atoms with Crippen LogP contribution in [0.1, 0.15) is 24.8 Å². The van der Waals surface area contributed by atoms with Crippen LogP contribution in [0.4, 0.5) is 4.39 Å². The number of phenols is 1. The highest BCUT2D eigenvalue weighted by Gasteiger charge is 2.29. The van der Waals surface area contributed by atoms with Gasteiger partial charge in [-0.05, 0) is 43.5 Å². The standard InChI is InChI=1S/C16H14FN3O2/c17-12-2-1-3-15(12)22-16-7-6-13(19-20-16)11-5-4-10(9-18)8-14(11)21/h4-8,12,15,21H,1-3H2/t12-,15+/m0/s1. The van der Waals surface area contributed by atoms with Crippen LogP contribution in [-0.4, -0.2) is 27.6 Å². The molecule has 0 aliphatic heterocycles. The summed E-state index contributed by atoms with van der Waals surface area (Å²) in [7, 11) is 0. The predicted molar refractivity (Wildman–Crippen MR) is 77.0 cm³/mol. The van der Waals surface area contributed by atoms with Crippen LogP contribution in [-0.2, 0) is 0 Å². The second-order valence-corrected chi connectivity index (χ2v) is 5.20. The fourth-order valence-electron chi connectivity index (χ4n) is 2.51. The van der Waals surface area contributed by atoms with Gasteiger partial charge >= 0.3 is 0 Å². The molecule has 1 aliphatic rings. The molecule has 1 aliphatic carbocycles. The lowest BCUT2D eigenvalue weighted by Gasteiger charge is -2.14. The van der Waals surface area contributed by atoms with E-state index < -0.39 is 12.3 Å². The number of hydrogen-bond donors (Lipinski definition) is 1. The molecule has 0 spiro atoms. The van der Waals surface area contributed by atoms with Gasteiger partial charge in [-0.2, -0.15) is 5.26 Å². The quantitative estimate of drug-likeness (QED) is 0.942. The minimum atomic E-state index is -0.955. The second-order valence-electron chi connectivity index (χ2n) is 5.20. The van der Waals surface area contributed by atoms with E-state index in [0.717, 1.165) is 6.42 Å². The molecule has 1 fully saturated rings. The Morgan fingerprint density at radius 1 is 1.23 bits per heavy atom. The van der Waals surface area contributed by atoms with Crippen LogP contribution in [0.2, 0.25) is 0 Å². The first-order chi connectivity index (χ1) is 10.7. The van der Waals surface area contributed by atoms with Gasteiger partial charge in [-0.1, -0.05) is 0 Å². The van der Waals surface area contributed by atoms with E-state index in [0.29, 0.717) is 29.7 Å². The van der Waals surface area contributed by atoms with Crippen LogP contribution in [0.15, 0.2) is 30.3 Å². The summed E-state index contributed by atoms with van der Waals surface area (Å²) in [5.41, 5.74) is 1.30. The van der Waals surface area contributed by atoms with E-state index in [1.54, 1.807) is 24.3 Å². The number of aromatic nitrogens is 2. The maximum Gasteiger partial charge on any atom is 0.233 e. The van der Waals surface area contributed by atoms with E-state index in [2.05, 4.69) is 10.2 Å². The van der Waals surface area contributed by atoms with Gasteiger partial charge < -0.3 is 9.84 Å². The molecule has 2 aromatic rings. The summed E-state index contributed by atoms with van der Waals surface area (Å²) < 4.78 is 19.0. The number of rotatable bonds is 3. The molecule has 0 bridgehead atoms. The van der Waals surface area contributed by atoms with E-state index >= 15 is 0 Å². The fraction of sp³-hybridized carbons (Fsp3) is 0.312. The average Bonchev–Trinajstić information content (AvgIpc) is 2.93. The first-order valence-corrected chi connectivity index (χ1v) is 7.05. The summed E-state index contributed by atoms with van der Waals surface area (Å²) in [5.74, 6) is 0.230. The minimum Gasteiger partial charge on any atom is -0.507 e. The molecule has 0 radical (unpaired) electrons. The lowest BCUT2D eigenvalue weighted by Crippen LogP contribution is -2.22. The zero-order valence-electron chi connectivity index (χ0n) is 11.7. The Kier molecular flexibility index (Phi) is 3.88. The molecule has 0 saturated heterocycles. The van der Waals surface area contributed by atoms with E-state index in [1.165, 1.54) is 6.07 Å². The number of hydrogen-bond acceptors (Lipinski definition) is 5. The van der Waals surface area contributed by atoms with Crippen LogP contribution in [0.3, 0.4) is 0 Å². The molecule has 112 valence electrons. The number of benzene rings is 1. The molecule has 1 saturated carbocycles.